The first-order valence-electron chi connectivity index (χ1n) is 15.7. The van der Waals surface area contributed by atoms with E-state index in [1.165, 1.54) is 17.5 Å². The van der Waals surface area contributed by atoms with E-state index in [1.807, 2.05) is 12.3 Å². The van der Waals surface area contributed by atoms with Gasteiger partial charge in [-0.05, 0) is 76.5 Å². The molecule has 2 aromatic heterocycles. The average Bonchev–Trinajstić information content (AvgIpc) is 3.53. The lowest BCUT2D eigenvalue weighted by molar-refractivity contribution is -0.128. The number of H-pyrrole nitrogens is 1. The predicted molar refractivity (Wildman–Crippen MR) is 175 cm³/mol. The molecule has 3 aromatic rings. The van der Waals surface area contributed by atoms with Gasteiger partial charge in [-0.1, -0.05) is 50.8 Å². The molecule has 1 aliphatic heterocycles. The maximum absolute atomic E-state index is 14.1. The minimum atomic E-state index is -0.664. The minimum absolute atomic E-state index is 0.153. The predicted octanol–water partition coefficient (Wildman–Crippen LogP) is 5.53. The van der Waals surface area contributed by atoms with Crippen LogP contribution in [0.3, 0.4) is 0 Å². The van der Waals surface area contributed by atoms with Gasteiger partial charge in [0.2, 0.25) is 5.91 Å². The number of rotatable bonds is 6. The summed E-state index contributed by atoms with van der Waals surface area (Å²) in [5, 5.41) is 7.16. The Hall–Kier alpha value is -2.95. The van der Waals surface area contributed by atoms with Crippen molar-refractivity contribution < 1.29 is 9.59 Å². The minimum Gasteiger partial charge on any atom is -0.353 e. The number of imidazole rings is 1. The molecule has 3 heterocycles. The number of benzene rings is 1. The number of urea groups is 1. The summed E-state index contributed by atoms with van der Waals surface area (Å²) in [5.41, 5.74) is 5.10. The molecule has 1 aromatic carbocycles. The second-order valence-corrected chi connectivity index (χ2v) is 14.4. The molecule has 0 radical (unpaired) electrons. The number of nitrogens with zero attached hydrogens (tertiary/aromatic N) is 4. The second-order valence-electron chi connectivity index (χ2n) is 13.0. The van der Waals surface area contributed by atoms with Crippen molar-refractivity contribution in [2.75, 3.05) is 26.2 Å². The highest BCUT2D eigenvalue weighted by atomic mass is 79.9. The van der Waals surface area contributed by atoms with E-state index in [4.69, 9.17) is 16.6 Å². The smallest absolute Gasteiger partial charge is 0.318 e. The highest BCUT2D eigenvalue weighted by Gasteiger charge is 2.41. The number of hydrogen-bond acceptors (Lipinski definition) is 5. The molecule has 0 spiro atoms. The fraction of sp³-hybridized carbons (Fsp3) is 0.515. The molecular weight excluding hydrogens is 642 g/mol. The first-order chi connectivity index (χ1) is 21.2. The number of aryl methyl sites for hydroxylation is 2. The Morgan fingerprint density at radius 3 is 2.66 bits per heavy atom. The van der Waals surface area contributed by atoms with E-state index in [9.17, 15) is 9.59 Å². The fourth-order valence-corrected chi connectivity index (χ4v) is 7.51. The first kappa shape index (κ1) is 31.0. The van der Waals surface area contributed by atoms with E-state index in [0.29, 0.717) is 31.2 Å². The van der Waals surface area contributed by atoms with Crippen molar-refractivity contribution in [1.82, 2.24) is 35.4 Å². The van der Waals surface area contributed by atoms with Gasteiger partial charge in [-0.15, -0.1) is 0 Å². The van der Waals surface area contributed by atoms with E-state index in [1.54, 1.807) is 17.4 Å². The van der Waals surface area contributed by atoms with Crippen LogP contribution in [0.5, 0.6) is 0 Å². The highest BCUT2D eigenvalue weighted by Crippen LogP contribution is 2.38. The van der Waals surface area contributed by atoms with Gasteiger partial charge in [-0.2, -0.15) is 0 Å². The molecule has 2 atom stereocenters. The summed E-state index contributed by atoms with van der Waals surface area (Å²) in [6, 6.07) is 7.43. The molecule has 3 N–H and O–H groups in total. The summed E-state index contributed by atoms with van der Waals surface area (Å²) in [7, 11) is 0. The van der Waals surface area contributed by atoms with Crippen LogP contribution in [0.1, 0.15) is 80.1 Å². The Bertz CT molecular complexity index is 1440. The van der Waals surface area contributed by atoms with Crippen LogP contribution in [0.2, 0.25) is 5.02 Å². The molecule has 1 unspecified atom stereocenters. The standard InChI is InChI=1S/C33H41BrClN7O2/c1-33(2,28-17-36-20-39-28)19-38-31(43)27-18-41(12-13-42(27)32(44)40-25-6-4-3-5-7-25)30-26-11-10-24(35)15-21(26)8-9-22-14-23(34)16-37-29(22)30/h10-11,14-17,20,25,27,30H,3-9,12-13,18-19H2,1-2H3,(H,36,39)(H,38,43)(H,40,44)/t27-,30?/m1/s1. The van der Waals surface area contributed by atoms with Crippen molar-refractivity contribution in [2.45, 2.75) is 82.3 Å². The summed E-state index contributed by atoms with van der Waals surface area (Å²) in [6.07, 6.45) is 12.4. The number of hydrogen-bond donors (Lipinski definition) is 3. The van der Waals surface area contributed by atoms with E-state index >= 15 is 0 Å². The molecule has 44 heavy (non-hydrogen) atoms. The molecule has 234 valence electrons. The van der Waals surface area contributed by atoms with Gasteiger partial charge >= 0.3 is 6.03 Å². The SMILES string of the molecule is CC(C)(CNC(=O)[C@H]1CN(C2c3ccc(Cl)cc3CCc3cc(Br)cnc32)CCN1C(=O)NC1CCCCC1)c1cnc[nH]1. The third kappa shape index (κ3) is 6.67. The van der Waals surface area contributed by atoms with Crippen LogP contribution in [-0.2, 0) is 23.1 Å². The first-order valence-corrected chi connectivity index (χ1v) is 16.9. The Morgan fingerprint density at radius 2 is 1.89 bits per heavy atom. The van der Waals surface area contributed by atoms with Gasteiger partial charge in [0.05, 0.1) is 18.1 Å². The number of pyridine rings is 1. The molecule has 3 aliphatic rings. The van der Waals surface area contributed by atoms with Crippen molar-refractivity contribution in [3.05, 3.63) is 80.6 Å². The molecular formula is C33H41BrClN7O2. The maximum Gasteiger partial charge on any atom is 0.318 e. The van der Waals surface area contributed by atoms with E-state index in [0.717, 1.165) is 59.9 Å². The van der Waals surface area contributed by atoms with Gasteiger partial charge in [0.15, 0.2) is 0 Å². The van der Waals surface area contributed by atoms with Crippen LogP contribution in [-0.4, -0.2) is 75.0 Å². The number of carbonyl (C=O) groups is 2. The van der Waals surface area contributed by atoms with Crippen molar-refractivity contribution in [2.24, 2.45) is 0 Å². The van der Waals surface area contributed by atoms with Crippen molar-refractivity contribution in [1.29, 1.82) is 0 Å². The summed E-state index contributed by atoms with van der Waals surface area (Å²) < 4.78 is 0.945. The Balaban J connectivity index is 1.30. The summed E-state index contributed by atoms with van der Waals surface area (Å²) in [5.74, 6) is -0.157. The third-order valence-corrected chi connectivity index (χ3v) is 10.2. The lowest BCUT2D eigenvalue weighted by Crippen LogP contribution is -2.64. The largest absolute Gasteiger partial charge is 0.353 e. The van der Waals surface area contributed by atoms with E-state index < -0.39 is 6.04 Å². The molecule has 1 saturated carbocycles. The van der Waals surface area contributed by atoms with E-state index in [-0.39, 0.29) is 29.4 Å². The lowest BCUT2D eigenvalue weighted by atomic mass is 9.89. The number of amides is 3. The molecule has 6 rings (SSSR count). The highest BCUT2D eigenvalue weighted by molar-refractivity contribution is 9.10. The van der Waals surface area contributed by atoms with Crippen LogP contribution < -0.4 is 10.6 Å². The van der Waals surface area contributed by atoms with Gasteiger partial charge in [0.25, 0.3) is 0 Å². The Kier molecular flexibility index (Phi) is 9.31. The van der Waals surface area contributed by atoms with Crippen LogP contribution in [0, 0.1) is 0 Å². The van der Waals surface area contributed by atoms with Crippen molar-refractivity contribution in [3.8, 4) is 0 Å². The van der Waals surface area contributed by atoms with Gasteiger partial charge in [-0.25, -0.2) is 9.78 Å². The van der Waals surface area contributed by atoms with Crippen LogP contribution in [0.25, 0.3) is 0 Å². The van der Waals surface area contributed by atoms with Crippen LogP contribution in [0.4, 0.5) is 4.79 Å². The Morgan fingerprint density at radius 1 is 1.09 bits per heavy atom. The maximum atomic E-state index is 14.1. The monoisotopic (exact) mass is 681 g/mol. The number of aromatic amines is 1. The summed E-state index contributed by atoms with van der Waals surface area (Å²) in [4.78, 5) is 44.2. The number of aromatic nitrogens is 3. The van der Waals surface area contributed by atoms with Gasteiger partial charge in [0.1, 0.15) is 6.04 Å². The van der Waals surface area contributed by atoms with E-state index in [2.05, 4.69) is 73.5 Å². The number of halogens is 2. The quantitative estimate of drug-likeness (QED) is 0.317. The zero-order chi connectivity index (χ0) is 30.8. The number of nitrogens with one attached hydrogen (secondary N) is 3. The average molecular weight is 683 g/mol. The summed E-state index contributed by atoms with van der Waals surface area (Å²) in [6.45, 7) is 5.98. The van der Waals surface area contributed by atoms with Gasteiger partial charge < -0.3 is 20.5 Å². The summed E-state index contributed by atoms with van der Waals surface area (Å²) >= 11 is 10.1. The van der Waals surface area contributed by atoms with Crippen LogP contribution >= 0.6 is 27.5 Å². The molecule has 1 saturated heterocycles. The molecule has 2 fully saturated rings. The topological polar surface area (TPSA) is 106 Å². The fourth-order valence-electron chi connectivity index (χ4n) is 6.94. The normalized spacial score (nSPS) is 21.2. The van der Waals surface area contributed by atoms with Crippen molar-refractivity contribution in [3.63, 3.8) is 0 Å². The third-order valence-electron chi connectivity index (χ3n) is 9.50. The molecule has 11 heteroatoms. The molecule has 3 amide bonds. The number of piperazine rings is 1. The molecule has 2 aliphatic carbocycles. The Labute approximate surface area is 272 Å². The molecule has 9 nitrogen and oxygen atoms in total. The van der Waals surface area contributed by atoms with Gasteiger partial charge in [0, 0.05) is 65.2 Å². The number of carbonyl (C=O) groups excluding carboxylic acids is 2. The number of fused-ring (bicyclic) bond motifs is 2. The zero-order valence-corrected chi connectivity index (χ0v) is 27.8. The molecule has 0 bridgehead atoms. The zero-order valence-electron chi connectivity index (χ0n) is 25.4. The van der Waals surface area contributed by atoms with Crippen molar-refractivity contribution >= 4 is 39.5 Å². The lowest BCUT2D eigenvalue weighted by Gasteiger charge is -2.44. The van der Waals surface area contributed by atoms with Gasteiger partial charge in [-0.3, -0.25) is 14.7 Å². The second kappa shape index (κ2) is 13.2. The van der Waals surface area contributed by atoms with Crippen LogP contribution in [0.15, 0.2) is 47.5 Å².